The summed E-state index contributed by atoms with van der Waals surface area (Å²) in [4.78, 5) is 11.6. The van der Waals surface area contributed by atoms with E-state index in [0.29, 0.717) is 10.0 Å². The van der Waals surface area contributed by atoms with E-state index in [4.69, 9.17) is 17.5 Å². The molecule has 0 aliphatic carbocycles. The first-order valence-electron chi connectivity index (χ1n) is 3.61. The Hall–Kier alpha value is -1.06. The molecule has 0 saturated carbocycles. The lowest BCUT2D eigenvalue weighted by molar-refractivity contribution is -0.135. The second-order valence-corrected chi connectivity index (χ2v) is 3.62. The number of carbonyl (C=O) groups is 1. The third-order valence-corrected chi connectivity index (χ3v) is 2.04. The number of nitrogens with zero attached hydrogens (tertiary/aromatic N) is 1. The third kappa shape index (κ3) is 3.77. The fraction of sp³-hybridized carbons (Fsp3) is 0.375. The van der Waals surface area contributed by atoms with Crippen molar-refractivity contribution in [3.63, 3.8) is 0 Å². The number of nitrogens with one attached hydrogen (secondary N) is 1. The van der Waals surface area contributed by atoms with E-state index in [1.807, 2.05) is 0 Å². The van der Waals surface area contributed by atoms with Gasteiger partial charge in [-0.3, -0.25) is 0 Å². The van der Waals surface area contributed by atoms with Crippen LogP contribution in [0.25, 0.3) is 0 Å². The molecule has 76 valence electrons. The summed E-state index contributed by atoms with van der Waals surface area (Å²) in [6.07, 6.45) is 1.74. The molecule has 0 radical (unpaired) electrons. The van der Waals surface area contributed by atoms with Gasteiger partial charge in [-0.2, -0.15) is 5.26 Å². The van der Waals surface area contributed by atoms with E-state index in [9.17, 15) is 4.79 Å². The fourth-order valence-electron chi connectivity index (χ4n) is 0.667. The number of ether oxygens (including phenoxy) is 1. The molecule has 0 heterocycles. The molecule has 0 bridgehead atoms. The van der Waals surface area contributed by atoms with Crippen molar-refractivity contribution in [1.82, 2.24) is 5.32 Å². The Labute approximate surface area is 92.3 Å². The van der Waals surface area contributed by atoms with Crippen LogP contribution >= 0.6 is 24.0 Å². The van der Waals surface area contributed by atoms with Gasteiger partial charge in [0, 0.05) is 0 Å². The molecule has 0 aliphatic rings. The van der Waals surface area contributed by atoms with Gasteiger partial charge in [0.15, 0.2) is 5.57 Å². The number of hydrogen-bond acceptors (Lipinski definition) is 5. The minimum Gasteiger partial charge on any atom is -0.465 e. The van der Waals surface area contributed by atoms with Gasteiger partial charge in [0.2, 0.25) is 0 Å². The van der Waals surface area contributed by atoms with Crippen LogP contribution in [0.15, 0.2) is 10.6 Å². The number of thiocarbonyl (C=S) groups is 1. The Morgan fingerprint density at radius 1 is 1.64 bits per heavy atom. The second-order valence-electron chi connectivity index (χ2n) is 2.19. The fourth-order valence-corrected chi connectivity index (χ4v) is 1.42. The summed E-state index contributed by atoms with van der Waals surface area (Å²) >= 11 is 6.04. The van der Waals surface area contributed by atoms with Gasteiger partial charge in [-0.25, -0.2) is 4.79 Å². The zero-order chi connectivity index (χ0) is 11.1. The lowest BCUT2D eigenvalue weighted by Crippen LogP contribution is -2.19. The Bertz CT molecular complexity index is 318. The highest BCUT2D eigenvalue weighted by atomic mass is 32.2. The van der Waals surface area contributed by atoms with Gasteiger partial charge in [0.05, 0.1) is 17.1 Å². The van der Waals surface area contributed by atoms with Gasteiger partial charge in [0.1, 0.15) is 6.07 Å². The molecule has 1 N–H and O–H groups in total. The van der Waals surface area contributed by atoms with Crippen molar-refractivity contribution < 1.29 is 9.53 Å². The van der Waals surface area contributed by atoms with Gasteiger partial charge < -0.3 is 10.1 Å². The van der Waals surface area contributed by atoms with E-state index < -0.39 is 5.97 Å². The largest absolute Gasteiger partial charge is 0.465 e. The first-order valence-corrected chi connectivity index (χ1v) is 5.24. The highest BCUT2D eigenvalue weighted by molar-refractivity contribution is 8.02. The SMILES string of the molecule is COC(=O)C(C#N)=C(NC(C)=S)SC. The van der Waals surface area contributed by atoms with Crippen molar-refractivity contribution in [2.75, 3.05) is 13.4 Å². The summed E-state index contributed by atoms with van der Waals surface area (Å²) in [6.45, 7) is 1.66. The maximum atomic E-state index is 11.1. The van der Waals surface area contributed by atoms with Gasteiger partial charge in [0.25, 0.3) is 0 Å². The van der Waals surface area contributed by atoms with Crippen LogP contribution < -0.4 is 5.32 Å². The smallest absolute Gasteiger partial charge is 0.351 e. The zero-order valence-electron chi connectivity index (χ0n) is 8.08. The third-order valence-electron chi connectivity index (χ3n) is 1.22. The van der Waals surface area contributed by atoms with Crippen molar-refractivity contribution >= 4 is 34.9 Å². The van der Waals surface area contributed by atoms with E-state index in [-0.39, 0.29) is 5.57 Å². The molecule has 0 aliphatic heterocycles. The van der Waals surface area contributed by atoms with E-state index in [1.54, 1.807) is 19.2 Å². The van der Waals surface area contributed by atoms with Crippen molar-refractivity contribution in [1.29, 1.82) is 5.26 Å². The van der Waals surface area contributed by atoms with Crippen LogP contribution in [0, 0.1) is 11.3 Å². The summed E-state index contributed by atoms with van der Waals surface area (Å²) in [5.74, 6) is -0.666. The number of methoxy groups -OCH3 is 1. The summed E-state index contributed by atoms with van der Waals surface area (Å²) in [6, 6.07) is 1.77. The number of thioether (sulfide) groups is 1. The minimum atomic E-state index is -0.666. The molecular formula is C8H10N2O2S2. The molecule has 0 amide bonds. The molecule has 6 heteroatoms. The standard InChI is InChI=1S/C8H10N2O2S2/c1-5(13)10-7(14-3)6(4-9)8(11)12-2/h1-3H3,(H,10,13). The van der Waals surface area contributed by atoms with E-state index >= 15 is 0 Å². The number of hydrogen-bond donors (Lipinski definition) is 1. The number of carbonyl (C=O) groups excluding carboxylic acids is 1. The molecule has 0 atom stereocenters. The highest BCUT2D eigenvalue weighted by Gasteiger charge is 2.15. The minimum absolute atomic E-state index is 0.0656. The van der Waals surface area contributed by atoms with Crippen LogP contribution in [-0.2, 0) is 9.53 Å². The molecule has 0 spiro atoms. The number of rotatable bonds is 3. The molecule has 0 fully saturated rings. The maximum Gasteiger partial charge on any atom is 0.351 e. The normalized spacial score (nSPS) is 11.0. The van der Waals surface area contributed by atoms with Crippen LogP contribution in [0.1, 0.15) is 6.92 Å². The van der Waals surface area contributed by atoms with Crippen LogP contribution in [0.4, 0.5) is 0 Å². The molecule has 0 aromatic carbocycles. The maximum absolute atomic E-state index is 11.1. The van der Waals surface area contributed by atoms with Crippen LogP contribution in [-0.4, -0.2) is 24.3 Å². The Balaban J connectivity index is 5.03. The van der Waals surface area contributed by atoms with E-state index in [0.717, 1.165) is 0 Å². The Morgan fingerprint density at radius 3 is 2.50 bits per heavy atom. The van der Waals surface area contributed by atoms with Gasteiger partial charge in [-0.05, 0) is 13.2 Å². The van der Waals surface area contributed by atoms with Crippen molar-refractivity contribution in [2.24, 2.45) is 0 Å². The first-order chi connectivity index (χ1) is 6.56. The van der Waals surface area contributed by atoms with Gasteiger partial charge in [-0.1, -0.05) is 12.2 Å². The monoisotopic (exact) mass is 230 g/mol. The van der Waals surface area contributed by atoms with E-state index in [1.165, 1.54) is 18.9 Å². The molecule has 0 unspecified atom stereocenters. The van der Waals surface area contributed by atoms with Crippen molar-refractivity contribution in [2.45, 2.75) is 6.92 Å². The Morgan fingerprint density at radius 2 is 2.21 bits per heavy atom. The molecule has 14 heavy (non-hydrogen) atoms. The summed E-state index contributed by atoms with van der Waals surface area (Å²) in [7, 11) is 1.22. The highest BCUT2D eigenvalue weighted by Crippen LogP contribution is 2.14. The number of esters is 1. The predicted molar refractivity (Wildman–Crippen MR) is 59.6 cm³/mol. The summed E-state index contributed by atoms with van der Waals surface area (Å²) < 4.78 is 4.45. The average Bonchev–Trinajstić information content (AvgIpc) is 2.16. The molecule has 0 saturated heterocycles. The quantitative estimate of drug-likeness (QED) is 0.340. The second kappa shape index (κ2) is 6.40. The van der Waals surface area contributed by atoms with E-state index in [2.05, 4.69) is 10.1 Å². The lowest BCUT2D eigenvalue weighted by atomic mass is 10.3. The molecule has 0 aromatic rings. The summed E-state index contributed by atoms with van der Waals surface area (Å²) in [5.41, 5.74) is -0.0656. The molecular weight excluding hydrogens is 220 g/mol. The Kier molecular flexibility index (Phi) is 5.92. The predicted octanol–water partition coefficient (Wildman–Crippen LogP) is 1.19. The average molecular weight is 230 g/mol. The van der Waals surface area contributed by atoms with Crippen molar-refractivity contribution in [3.8, 4) is 6.07 Å². The molecule has 0 rings (SSSR count). The molecule has 0 aromatic heterocycles. The van der Waals surface area contributed by atoms with Gasteiger partial charge >= 0.3 is 5.97 Å². The van der Waals surface area contributed by atoms with Crippen LogP contribution in [0.3, 0.4) is 0 Å². The lowest BCUT2D eigenvalue weighted by Gasteiger charge is -2.07. The molecule has 4 nitrogen and oxygen atoms in total. The van der Waals surface area contributed by atoms with Crippen LogP contribution in [0.5, 0.6) is 0 Å². The van der Waals surface area contributed by atoms with Crippen molar-refractivity contribution in [3.05, 3.63) is 10.6 Å². The number of nitriles is 1. The van der Waals surface area contributed by atoms with Gasteiger partial charge in [-0.15, -0.1) is 11.8 Å². The zero-order valence-corrected chi connectivity index (χ0v) is 9.71. The van der Waals surface area contributed by atoms with Crippen LogP contribution in [0.2, 0.25) is 0 Å². The topological polar surface area (TPSA) is 62.1 Å². The first kappa shape index (κ1) is 12.9. The summed E-state index contributed by atoms with van der Waals surface area (Å²) in [5, 5.41) is 11.9.